The average molecular weight is 284 g/mol. The van der Waals surface area contributed by atoms with Crippen LogP contribution in [0.1, 0.15) is 5.56 Å². The van der Waals surface area contributed by atoms with Crippen molar-refractivity contribution in [2.45, 2.75) is 6.92 Å². The second-order valence-corrected chi connectivity index (χ2v) is 5.55. The number of pyridine rings is 1. The zero-order valence-electron chi connectivity index (χ0n) is 12.4. The van der Waals surface area contributed by atoms with Crippen molar-refractivity contribution in [3.8, 4) is 22.4 Å². The van der Waals surface area contributed by atoms with Crippen molar-refractivity contribution in [2.24, 2.45) is 0 Å². The fourth-order valence-corrected chi connectivity index (χ4v) is 2.88. The van der Waals surface area contributed by atoms with Gasteiger partial charge in [-0.25, -0.2) is 0 Å². The second-order valence-electron chi connectivity index (χ2n) is 5.55. The van der Waals surface area contributed by atoms with Crippen molar-refractivity contribution in [1.29, 1.82) is 0 Å². The van der Waals surface area contributed by atoms with Gasteiger partial charge >= 0.3 is 0 Å². The second kappa shape index (κ2) is 5.15. The van der Waals surface area contributed by atoms with Gasteiger partial charge in [0, 0.05) is 29.0 Å². The number of nitrogens with one attached hydrogen (secondary N) is 1. The van der Waals surface area contributed by atoms with E-state index in [9.17, 15) is 0 Å². The van der Waals surface area contributed by atoms with Crippen LogP contribution in [0.15, 0.2) is 73.1 Å². The molecule has 0 aliphatic carbocycles. The highest BCUT2D eigenvalue weighted by Gasteiger charge is 2.09. The molecular formula is C20H16N2. The predicted molar refractivity (Wildman–Crippen MR) is 91.7 cm³/mol. The molecule has 0 fully saturated rings. The van der Waals surface area contributed by atoms with E-state index in [2.05, 4.69) is 71.5 Å². The lowest BCUT2D eigenvalue weighted by atomic mass is 9.98. The van der Waals surface area contributed by atoms with E-state index in [1.54, 1.807) is 0 Å². The summed E-state index contributed by atoms with van der Waals surface area (Å²) in [6.07, 6.45) is 3.83. The summed E-state index contributed by atoms with van der Waals surface area (Å²) in [5.74, 6) is 0. The number of fused-ring (bicyclic) bond motifs is 1. The van der Waals surface area contributed by atoms with Gasteiger partial charge in [0.15, 0.2) is 0 Å². The van der Waals surface area contributed by atoms with Crippen molar-refractivity contribution < 1.29 is 0 Å². The van der Waals surface area contributed by atoms with Gasteiger partial charge in [-0.05, 0) is 42.1 Å². The first-order chi connectivity index (χ1) is 10.8. The molecule has 0 saturated carbocycles. The summed E-state index contributed by atoms with van der Waals surface area (Å²) < 4.78 is 0. The third kappa shape index (κ3) is 2.19. The number of H-pyrrole nitrogens is 1. The Morgan fingerprint density at radius 3 is 2.73 bits per heavy atom. The topological polar surface area (TPSA) is 28.7 Å². The van der Waals surface area contributed by atoms with Gasteiger partial charge in [0.05, 0.1) is 5.69 Å². The molecule has 0 aliphatic rings. The Labute approximate surface area is 129 Å². The van der Waals surface area contributed by atoms with Gasteiger partial charge in [-0.2, -0.15) is 0 Å². The SMILES string of the molecule is Cc1cccc(-c2ncccc2-c2ccc3cc[nH]c3c2)c1. The molecule has 0 saturated heterocycles. The van der Waals surface area contributed by atoms with E-state index in [4.69, 9.17) is 0 Å². The first kappa shape index (κ1) is 12.8. The molecular weight excluding hydrogens is 268 g/mol. The fraction of sp³-hybridized carbons (Fsp3) is 0.0500. The van der Waals surface area contributed by atoms with Crippen molar-refractivity contribution in [3.63, 3.8) is 0 Å². The number of benzene rings is 2. The molecule has 0 amide bonds. The largest absolute Gasteiger partial charge is 0.361 e. The van der Waals surface area contributed by atoms with Crippen molar-refractivity contribution >= 4 is 10.9 Å². The molecule has 0 atom stereocenters. The Bertz CT molecular complexity index is 951. The molecule has 4 rings (SSSR count). The maximum absolute atomic E-state index is 4.62. The van der Waals surface area contributed by atoms with Crippen molar-refractivity contribution in [2.75, 3.05) is 0 Å². The molecule has 22 heavy (non-hydrogen) atoms. The van der Waals surface area contributed by atoms with E-state index >= 15 is 0 Å². The Hall–Kier alpha value is -2.87. The van der Waals surface area contributed by atoms with Crippen LogP contribution in [-0.4, -0.2) is 9.97 Å². The van der Waals surface area contributed by atoms with E-state index in [-0.39, 0.29) is 0 Å². The molecule has 2 aromatic carbocycles. The normalized spacial score (nSPS) is 11.0. The highest BCUT2D eigenvalue weighted by Crippen LogP contribution is 2.32. The highest BCUT2D eigenvalue weighted by atomic mass is 14.7. The monoisotopic (exact) mass is 284 g/mol. The number of nitrogens with zero attached hydrogens (tertiary/aromatic N) is 1. The summed E-state index contributed by atoms with van der Waals surface area (Å²) in [5.41, 5.74) is 6.91. The van der Waals surface area contributed by atoms with Gasteiger partial charge in [0.1, 0.15) is 0 Å². The predicted octanol–water partition coefficient (Wildman–Crippen LogP) is 5.21. The first-order valence-electron chi connectivity index (χ1n) is 7.41. The number of aromatic nitrogens is 2. The summed E-state index contributed by atoms with van der Waals surface area (Å²) in [6, 6.07) is 21.2. The van der Waals surface area contributed by atoms with Crippen molar-refractivity contribution in [1.82, 2.24) is 9.97 Å². The van der Waals surface area contributed by atoms with Crippen LogP contribution in [0.25, 0.3) is 33.3 Å². The molecule has 2 nitrogen and oxygen atoms in total. The molecule has 0 unspecified atom stereocenters. The number of hydrogen-bond acceptors (Lipinski definition) is 1. The first-order valence-corrected chi connectivity index (χ1v) is 7.41. The number of rotatable bonds is 2. The van der Waals surface area contributed by atoms with Crippen LogP contribution in [0, 0.1) is 6.92 Å². The van der Waals surface area contributed by atoms with Gasteiger partial charge in [0.2, 0.25) is 0 Å². The van der Waals surface area contributed by atoms with Gasteiger partial charge in [-0.1, -0.05) is 42.0 Å². The molecule has 0 radical (unpaired) electrons. The maximum Gasteiger partial charge on any atom is 0.0780 e. The Balaban J connectivity index is 1.92. The summed E-state index contributed by atoms with van der Waals surface area (Å²) >= 11 is 0. The molecule has 2 aromatic heterocycles. The average Bonchev–Trinajstić information content (AvgIpc) is 3.02. The van der Waals surface area contributed by atoms with Gasteiger partial charge in [0.25, 0.3) is 0 Å². The minimum Gasteiger partial charge on any atom is -0.361 e. The third-order valence-corrected chi connectivity index (χ3v) is 3.97. The quantitative estimate of drug-likeness (QED) is 0.538. The molecule has 1 N–H and O–H groups in total. The van der Waals surface area contributed by atoms with Gasteiger partial charge in [-0.15, -0.1) is 0 Å². The number of aromatic amines is 1. The maximum atomic E-state index is 4.62. The zero-order valence-corrected chi connectivity index (χ0v) is 12.4. The summed E-state index contributed by atoms with van der Waals surface area (Å²) in [7, 11) is 0. The zero-order chi connectivity index (χ0) is 14.9. The molecule has 106 valence electrons. The van der Waals surface area contributed by atoms with Gasteiger partial charge < -0.3 is 4.98 Å². The van der Waals surface area contributed by atoms with Crippen LogP contribution in [-0.2, 0) is 0 Å². The van der Waals surface area contributed by atoms with Crippen LogP contribution in [0.2, 0.25) is 0 Å². The van der Waals surface area contributed by atoms with Crippen LogP contribution in [0.4, 0.5) is 0 Å². The Kier molecular flexibility index (Phi) is 3.01. The molecule has 4 aromatic rings. The van der Waals surface area contributed by atoms with Crippen LogP contribution < -0.4 is 0 Å². The molecule has 0 aliphatic heterocycles. The molecule has 0 spiro atoms. The third-order valence-electron chi connectivity index (χ3n) is 3.97. The van der Waals surface area contributed by atoms with Crippen LogP contribution in [0.5, 0.6) is 0 Å². The summed E-state index contributed by atoms with van der Waals surface area (Å²) in [6.45, 7) is 2.11. The lowest BCUT2D eigenvalue weighted by molar-refractivity contribution is 1.32. The van der Waals surface area contributed by atoms with E-state index in [0.29, 0.717) is 0 Å². The lowest BCUT2D eigenvalue weighted by Crippen LogP contribution is -1.89. The smallest absolute Gasteiger partial charge is 0.0780 e. The molecule has 2 heteroatoms. The Morgan fingerprint density at radius 1 is 0.864 bits per heavy atom. The standard InChI is InChI=1S/C20H16N2/c1-14-4-2-5-17(12-14)20-18(6-3-10-22-20)16-8-7-15-9-11-21-19(15)13-16/h2-13,21H,1H3. The van der Waals surface area contributed by atoms with E-state index in [1.165, 1.54) is 16.5 Å². The highest BCUT2D eigenvalue weighted by molar-refractivity contribution is 5.88. The minimum absolute atomic E-state index is 1.03. The summed E-state index contributed by atoms with van der Waals surface area (Å²) in [4.78, 5) is 7.90. The van der Waals surface area contributed by atoms with E-state index in [0.717, 1.165) is 22.3 Å². The van der Waals surface area contributed by atoms with E-state index in [1.807, 2.05) is 18.5 Å². The Morgan fingerprint density at radius 2 is 1.82 bits per heavy atom. The number of hydrogen-bond donors (Lipinski definition) is 1. The molecule has 2 heterocycles. The summed E-state index contributed by atoms with van der Waals surface area (Å²) in [5, 5.41) is 1.23. The lowest BCUT2D eigenvalue weighted by Gasteiger charge is -2.10. The van der Waals surface area contributed by atoms with E-state index < -0.39 is 0 Å². The molecule has 0 bridgehead atoms. The minimum atomic E-state index is 1.03. The van der Waals surface area contributed by atoms with Gasteiger partial charge in [-0.3, -0.25) is 4.98 Å². The fourth-order valence-electron chi connectivity index (χ4n) is 2.88. The van der Waals surface area contributed by atoms with Crippen LogP contribution in [0.3, 0.4) is 0 Å². The number of aryl methyl sites for hydroxylation is 1. The van der Waals surface area contributed by atoms with Crippen molar-refractivity contribution in [3.05, 3.63) is 78.6 Å². The van der Waals surface area contributed by atoms with Crippen LogP contribution >= 0.6 is 0 Å².